The molecule has 0 radical (unpaired) electrons. The lowest BCUT2D eigenvalue weighted by atomic mass is 9.87. The van der Waals surface area contributed by atoms with Crippen LogP contribution in [-0.2, 0) is 5.41 Å². The maximum Gasteiger partial charge on any atom is 0.235 e. The highest BCUT2D eigenvalue weighted by Crippen LogP contribution is 2.30. The van der Waals surface area contributed by atoms with Gasteiger partial charge in [0.1, 0.15) is 5.01 Å². The van der Waals surface area contributed by atoms with Gasteiger partial charge in [0.2, 0.25) is 4.96 Å². The Hall–Kier alpha value is -2.53. The van der Waals surface area contributed by atoms with Crippen LogP contribution in [0.1, 0.15) is 26.3 Å². The van der Waals surface area contributed by atoms with E-state index in [0.29, 0.717) is 0 Å². The molecule has 0 spiro atoms. The smallest absolute Gasteiger partial charge is 0.182 e. The van der Waals surface area contributed by atoms with Crippen LogP contribution in [0.4, 0.5) is 0 Å². The quantitative estimate of drug-likeness (QED) is 0.528. The standard InChI is InChI=1S/C19H18N4S/c1-19(2,3)15-11-9-14(10-12-15)17-22-23-16(20-21-18(23)24-17)13-7-5-4-6-8-13/h4-12H,1-3H3. The zero-order valence-electron chi connectivity index (χ0n) is 13.9. The lowest BCUT2D eigenvalue weighted by Gasteiger charge is -2.18. The first-order valence-corrected chi connectivity index (χ1v) is 8.72. The normalized spacial score (nSPS) is 12.0. The maximum absolute atomic E-state index is 4.72. The first-order chi connectivity index (χ1) is 11.5. The van der Waals surface area contributed by atoms with E-state index in [4.69, 9.17) is 5.10 Å². The Bertz CT molecular complexity index is 976. The molecule has 4 nitrogen and oxygen atoms in total. The molecule has 2 heterocycles. The highest BCUT2D eigenvalue weighted by molar-refractivity contribution is 7.19. The third kappa shape index (κ3) is 2.61. The van der Waals surface area contributed by atoms with Crippen LogP contribution in [0.25, 0.3) is 26.9 Å². The predicted octanol–water partition coefficient (Wildman–Crippen LogP) is 4.82. The van der Waals surface area contributed by atoms with Crippen LogP contribution in [-0.4, -0.2) is 19.8 Å². The van der Waals surface area contributed by atoms with Crippen LogP contribution in [0.15, 0.2) is 54.6 Å². The summed E-state index contributed by atoms with van der Waals surface area (Å²) in [7, 11) is 0. The topological polar surface area (TPSA) is 43.1 Å². The molecule has 0 aliphatic rings. The molecular weight excluding hydrogens is 316 g/mol. The summed E-state index contributed by atoms with van der Waals surface area (Å²) in [6.45, 7) is 6.66. The molecule has 2 aromatic carbocycles. The summed E-state index contributed by atoms with van der Waals surface area (Å²) in [5.41, 5.74) is 3.60. The minimum absolute atomic E-state index is 0.153. The molecule has 5 heteroatoms. The molecule has 0 N–H and O–H groups in total. The van der Waals surface area contributed by atoms with E-state index in [-0.39, 0.29) is 5.41 Å². The highest BCUT2D eigenvalue weighted by atomic mass is 32.1. The molecule has 24 heavy (non-hydrogen) atoms. The van der Waals surface area contributed by atoms with Gasteiger partial charge in [-0.1, -0.05) is 86.7 Å². The Labute approximate surface area is 144 Å². The van der Waals surface area contributed by atoms with Crippen molar-refractivity contribution in [2.24, 2.45) is 0 Å². The summed E-state index contributed by atoms with van der Waals surface area (Å²) < 4.78 is 1.83. The van der Waals surface area contributed by atoms with Gasteiger partial charge in [-0.25, -0.2) is 0 Å². The lowest BCUT2D eigenvalue weighted by Crippen LogP contribution is -2.10. The van der Waals surface area contributed by atoms with Gasteiger partial charge in [-0.05, 0) is 11.0 Å². The van der Waals surface area contributed by atoms with Crippen LogP contribution in [0.5, 0.6) is 0 Å². The number of fused-ring (bicyclic) bond motifs is 1. The summed E-state index contributed by atoms with van der Waals surface area (Å²) in [6.07, 6.45) is 0. The Morgan fingerprint density at radius 3 is 2.21 bits per heavy atom. The number of nitrogens with zero attached hydrogens (tertiary/aromatic N) is 4. The molecule has 2 aromatic heterocycles. The lowest BCUT2D eigenvalue weighted by molar-refractivity contribution is 0.590. The van der Waals surface area contributed by atoms with Crippen molar-refractivity contribution in [3.8, 4) is 22.0 Å². The van der Waals surface area contributed by atoms with Crippen molar-refractivity contribution in [2.45, 2.75) is 26.2 Å². The van der Waals surface area contributed by atoms with E-state index < -0.39 is 0 Å². The van der Waals surface area contributed by atoms with Gasteiger partial charge >= 0.3 is 0 Å². The van der Waals surface area contributed by atoms with Gasteiger partial charge in [0.25, 0.3) is 0 Å². The van der Waals surface area contributed by atoms with Crippen molar-refractivity contribution >= 4 is 16.3 Å². The van der Waals surface area contributed by atoms with Gasteiger partial charge in [-0.15, -0.1) is 10.2 Å². The van der Waals surface area contributed by atoms with Crippen molar-refractivity contribution in [1.29, 1.82) is 0 Å². The van der Waals surface area contributed by atoms with E-state index in [9.17, 15) is 0 Å². The molecule has 0 bridgehead atoms. The van der Waals surface area contributed by atoms with Gasteiger partial charge in [0.15, 0.2) is 5.82 Å². The summed E-state index contributed by atoms with van der Waals surface area (Å²) in [5.74, 6) is 0.777. The minimum Gasteiger partial charge on any atom is -0.182 e. The largest absolute Gasteiger partial charge is 0.235 e. The number of rotatable bonds is 2. The minimum atomic E-state index is 0.153. The van der Waals surface area contributed by atoms with E-state index in [1.54, 1.807) is 11.3 Å². The SMILES string of the molecule is CC(C)(C)c1ccc(-c2nn3c(-c4ccccc4)nnc3s2)cc1. The molecule has 0 amide bonds. The first kappa shape index (κ1) is 15.0. The van der Waals surface area contributed by atoms with Gasteiger partial charge < -0.3 is 0 Å². The summed E-state index contributed by atoms with van der Waals surface area (Å²) in [4.78, 5) is 0.809. The van der Waals surface area contributed by atoms with E-state index in [1.165, 1.54) is 5.56 Å². The highest BCUT2D eigenvalue weighted by Gasteiger charge is 2.16. The van der Waals surface area contributed by atoms with E-state index >= 15 is 0 Å². The fourth-order valence-electron chi connectivity index (χ4n) is 2.61. The van der Waals surface area contributed by atoms with Gasteiger partial charge in [-0.2, -0.15) is 9.61 Å². The van der Waals surface area contributed by atoms with E-state index in [2.05, 4.69) is 55.2 Å². The molecule has 0 fully saturated rings. The van der Waals surface area contributed by atoms with Crippen LogP contribution < -0.4 is 0 Å². The second-order valence-corrected chi connectivity index (χ2v) is 7.77. The van der Waals surface area contributed by atoms with Crippen LogP contribution in [0.2, 0.25) is 0 Å². The predicted molar refractivity (Wildman–Crippen MR) is 98.2 cm³/mol. The Kier molecular flexibility index (Phi) is 3.46. The Morgan fingerprint density at radius 1 is 0.833 bits per heavy atom. The number of aromatic nitrogens is 4. The number of hydrogen-bond acceptors (Lipinski definition) is 4. The third-order valence-electron chi connectivity index (χ3n) is 4.02. The molecule has 0 saturated heterocycles. The van der Waals surface area contributed by atoms with Crippen molar-refractivity contribution < 1.29 is 0 Å². The van der Waals surface area contributed by atoms with Crippen LogP contribution >= 0.6 is 11.3 Å². The average molecular weight is 334 g/mol. The molecule has 120 valence electrons. The van der Waals surface area contributed by atoms with E-state index in [1.807, 2.05) is 34.8 Å². The monoisotopic (exact) mass is 334 g/mol. The number of hydrogen-bond donors (Lipinski definition) is 0. The third-order valence-corrected chi connectivity index (χ3v) is 4.97. The van der Waals surface area contributed by atoms with Crippen molar-refractivity contribution in [3.05, 3.63) is 60.2 Å². The van der Waals surface area contributed by atoms with Gasteiger partial charge in [-0.3, -0.25) is 0 Å². The fraction of sp³-hybridized carbons (Fsp3) is 0.211. The molecule has 0 unspecified atom stereocenters. The molecule has 4 aromatic rings. The molecule has 0 atom stereocenters. The summed E-state index contributed by atoms with van der Waals surface area (Å²) in [6, 6.07) is 18.6. The summed E-state index contributed by atoms with van der Waals surface area (Å²) in [5, 5.41) is 14.2. The Balaban J connectivity index is 1.75. The maximum atomic E-state index is 4.72. The number of benzene rings is 2. The van der Waals surface area contributed by atoms with Gasteiger partial charge in [0, 0.05) is 11.1 Å². The van der Waals surface area contributed by atoms with E-state index in [0.717, 1.165) is 26.9 Å². The zero-order valence-corrected chi connectivity index (χ0v) is 14.7. The second kappa shape index (κ2) is 5.53. The molecule has 4 rings (SSSR count). The molecular formula is C19H18N4S. The molecule has 0 saturated carbocycles. The molecule has 0 aliphatic carbocycles. The van der Waals surface area contributed by atoms with Gasteiger partial charge in [0.05, 0.1) is 0 Å². The zero-order chi connectivity index (χ0) is 16.7. The van der Waals surface area contributed by atoms with Crippen LogP contribution in [0, 0.1) is 0 Å². The Morgan fingerprint density at radius 2 is 1.54 bits per heavy atom. The second-order valence-electron chi connectivity index (χ2n) is 6.82. The molecule has 0 aliphatic heterocycles. The summed E-state index contributed by atoms with van der Waals surface area (Å²) >= 11 is 1.56. The van der Waals surface area contributed by atoms with Crippen molar-refractivity contribution in [1.82, 2.24) is 19.8 Å². The van der Waals surface area contributed by atoms with Crippen molar-refractivity contribution in [3.63, 3.8) is 0 Å². The average Bonchev–Trinajstić information content (AvgIpc) is 3.15. The first-order valence-electron chi connectivity index (χ1n) is 7.91. The van der Waals surface area contributed by atoms with Crippen molar-refractivity contribution in [2.75, 3.05) is 0 Å². The fourth-order valence-corrected chi connectivity index (χ4v) is 3.46. The van der Waals surface area contributed by atoms with Crippen LogP contribution in [0.3, 0.4) is 0 Å².